The molecule has 4 aromatic rings. The van der Waals surface area contributed by atoms with Gasteiger partial charge in [-0.2, -0.15) is 0 Å². The molecule has 0 radical (unpaired) electrons. The number of hydrogen-bond acceptors (Lipinski definition) is 1. The Hall–Kier alpha value is -1.98. The van der Waals surface area contributed by atoms with Gasteiger partial charge in [-0.05, 0) is 0 Å². The Morgan fingerprint density at radius 3 is 1.84 bits per heavy atom. The van der Waals surface area contributed by atoms with Crippen LogP contribution in [0.5, 0.6) is 0 Å². The van der Waals surface area contributed by atoms with E-state index in [1.807, 2.05) is 0 Å². The molecule has 0 aromatic heterocycles. The Bertz CT molecular complexity index is 1340. The van der Waals surface area contributed by atoms with Crippen molar-refractivity contribution in [3.63, 3.8) is 0 Å². The zero-order chi connectivity index (χ0) is 20.8. The number of thioether (sulfide) groups is 1. The van der Waals surface area contributed by atoms with E-state index in [4.69, 9.17) is 0 Å². The number of fused-ring (bicyclic) bond motifs is 10. The second kappa shape index (κ2) is 6.29. The Balaban J connectivity index is 1.59. The third-order valence-corrected chi connectivity index (χ3v) is 12.4. The van der Waals surface area contributed by atoms with Crippen LogP contribution < -0.4 is 7.22 Å². The SMILES string of the molecule is CC(C)c1ccc2c(c1)C1(SC13c1ccccc1[Te]c1ccccc13)c1ccccc1-2. The molecule has 7 rings (SSSR count). The van der Waals surface area contributed by atoms with Crippen LogP contribution >= 0.6 is 11.8 Å². The van der Waals surface area contributed by atoms with E-state index in [-0.39, 0.29) is 30.4 Å². The monoisotopic (exact) mass is 532 g/mol. The van der Waals surface area contributed by atoms with Gasteiger partial charge in [0.1, 0.15) is 0 Å². The predicted octanol–water partition coefficient (Wildman–Crippen LogP) is 5.69. The molecule has 1 aliphatic carbocycles. The molecule has 1 atom stereocenters. The van der Waals surface area contributed by atoms with Gasteiger partial charge in [-0.3, -0.25) is 0 Å². The Labute approximate surface area is 198 Å². The Morgan fingerprint density at radius 2 is 1.16 bits per heavy atom. The molecular weight excluding hydrogens is 508 g/mol. The normalized spacial score (nSPS) is 21.0. The molecule has 2 heteroatoms. The first-order valence-electron chi connectivity index (χ1n) is 11.0. The minimum atomic E-state index is -0.357. The third kappa shape index (κ3) is 2.19. The topological polar surface area (TPSA) is 0 Å². The molecule has 1 unspecified atom stereocenters. The van der Waals surface area contributed by atoms with E-state index >= 15 is 0 Å². The maximum atomic E-state index is 2.53. The summed E-state index contributed by atoms with van der Waals surface area (Å²) in [4.78, 5) is 0. The second-order valence-corrected chi connectivity index (χ2v) is 13.6. The molecule has 4 aromatic carbocycles. The zero-order valence-electron chi connectivity index (χ0n) is 17.6. The first-order valence-corrected chi connectivity index (χ1v) is 14.1. The van der Waals surface area contributed by atoms with Gasteiger partial charge in [0.2, 0.25) is 0 Å². The average Bonchev–Trinajstić information content (AvgIpc) is 3.41. The van der Waals surface area contributed by atoms with Crippen molar-refractivity contribution >= 4 is 39.9 Å². The van der Waals surface area contributed by atoms with Crippen LogP contribution in [0.4, 0.5) is 0 Å². The van der Waals surface area contributed by atoms with Crippen molar-refractivity contribution in [3.05, 3.63) is 119 Å². The van der Waals surface area contributed by atoms with E-state index < -0.39 is 0 Å². The number of hydrogen-bond donors (Lipinski definition) is 0. The van der Waals surface area contributed by atoms with E-state index in [1.54, 1.807) is 18.3 Å². The predicted molar refractivity (Wildman–Crippen MR) is 133 cm³/mol. The van der Waals surface area contributed by atoms with E-state index in [1.165, 1.54) is 27.8 Å². The molecule has 2 aliphatic heterocycles. The van der Waals surface area contributed by atoms with Crippen molar-refractivity contribution in [2.75, 3.05) is 0 Å². The molecule has 0 saturated carbocycles. The second-order valence-electron chi connectivity index (χ2n) is 9.06. The summed E-state index contributed by atoms with van der Waals surface area (Å²) >= 11 is 1.82. The summed E-state index contributed by atoms with van der Waals surface area (Å²) < 4.78 is 3.19. The first-order chi connectivity index (χ1) is 15.2. The summed E-state index contributed by atoms with van der Waals surface area (Å²) in [7, 11) is 0. The van der Waals surface area contributed by atoms with Crippen LogP contribution in [0, 0.1) is 0 Å². The van der Waals surface area contributed by atoms with Gasteiger partial charge in [0.15, 0.2) is 0 Å². The molecule has 0 nitrogen and oxygen atoms in total. The standard InChI is InChI=1S/C29H22STe/c1-18(2)19-15-16-21-20-9-3-4-10-22(20)28(25(21)17-19)29(30-28)23-11-5-7-13-26(23)31-27-14-8-6-12-24(27)29/h3-18H,1-2H3. The van der Waals surface area contributed by atoms with Crippen molar-refractivity contribution in [2.24, 2.45) is 0 Å². The fourth-order valence-corrected chi connectivity index (χ4v) is 11.6. The Kier molecular flexibility index (Phi) is 3.77. The molecule has 3 aliphatic rings. The molecule has 150 valence electrons. The Morgan fingerprint density at radius 1 is 0.613 bits per heavy atom. The van der Waals surface area contributed by atoms with E-state index in [9.17, 15) is 0 Å². The van der Waals surface area contributed by atoms with Crippen LogP contribution in [0.15, 0.2) is 91.0 Å². The van der Waals surface area contributed by atoms with Crippen molar-refractivity contribution < 1.29 is 0 Å². The van der Waals surface area contributed by atoms with Crippen LogP contribution in [0.1, 0.15) is 47.6 Å². The van der Waals surface area contributed by atoms with Crippen LogP contribution in [0.2, 0.25) is 0 Å². The zero-order valence-corrected chi connectivity index (χ0v) is 20.7. The van der Waals surface area contributed by atoms with Gasteiger partial charge >= 0.3 is 199 Å². The summed E-state index contributed by atoms with van der Waals surface area (Å²) in [6.45, 7) is 4.62. The van der Waals surface area contributed by atoms with Crippen LogP contribution in [0.3, 0.4) is 0 Å². The summed E-state index contributed by atoms with van der Waals surface area (Å²) in [5.41, 5.74) is 10.5. The van der Waals surface area contributed by atoms with Crippen molar-refractivity contribution in [3.8, 4) is 11.1 Å². The van der Waals surface area contributed by atoms with Crippen LogP contribution in [-0.2, 0) is 9.49 Å². The molecule has 2 heterocycles. The summed E-state index contributed by atoms with van der Waals surface area (Å²) in [5.74, 6) is 0.531. The van der Waals surface area contributed by atoms with Gasteiger partial charge < -0.3 is 0 Å². The van der Waals surface area contributed by atoms with E-state index in [0.29, 0.717) is 5.92 Å². The fourth-order valence-electron chi connectivity index (χ4n) is 5.76. The molecule has 1 saturated heterocycles. The molecule has 31 heavy (non-hydrogen) atoms. The first kappa shape index (κ1) is 18.6. The molecule has 0 amide bonds. The summed E-state index contributed by atoms with van der Waals surface area (Å²) in [6.07, 6.45) is 0. The van der Waals surface area contributed by atoms with Gasteiger partial charge in [-0.15, -0.1) is 0 Å². The van der Waals surface area contributed by atoms with Crippen molar-refractivity contribution in [1.29, 1.82) is 0 Å². The maximum absolute atomic E-state index is 2.53. The molecular formula is C29H22STe. The van der Waals surface area contributed by atoms with Crippen LogP contribution in [0.25, 0.3) is 11.1 Å². The van der Waals surface area contributed by atoms with Gasteiger partial charge in [0, 0.05) is 0 Å². The molecule has 2 spiro atoms. The van der Waals surface area contributed by atoms with Crippen molar-refractivity contribution in [1.82, 2.24) is 0 Å². The van der Waals surface area contributed by atoms with Crippen LogP contribution in [-0.4, -0.2) is 20.9 Å². The fraction of sp³-hybridized carbons (Fsp3) is 0.172. The number of benzene rings is 4. The average molecular weight is 530 g/mol. The van der Waals surface area contributed by atoms with Gasteiger partial charge in [0.05, 0.1) is 0 Å². The third-order valence-electron chi connectivity index (χ3n) is 7.20. The summed E-state index contributed by atoms with van der Waals surface area (Å²) in [5, 5.41) is 0. The number of rotatable bonds is 1. The molecule has 1 fully saturated rings. The summed E-state index contributed by atoms with van der Waals surface area (Å²) in [6, 6.07) is 35.0. The van der Waals surface area contributed by atoms with E-state index in [0.717, 1.165) is 0 Å². The minimum absolute atomic E-state index is 0.0137. The van der Waals surface area contributed by atoms with E-state index in [2.05, 4.69) is 117 Å². The van der Waals surface area contributed by atoms with Gasteiger partial charge in [0.25, 0.3) is 0 Å². The van der Waals surface area contributed by atoms with Gasteiger partial charge in [-0.1, -0.05) is 0 Å². The van der Waals surface area contributed by atoms with Gasteiger partial charge in [-0.25, -0.2) is 0 Å². The molecule has 0 bridgehead atoms. The quantitative estimate of drug-likeness (QED) is 0.225. The molecule has 0 N–H and O–H groups in total. The van der Waals surface area contributed by atoms with Crippen molar-refractivity contribution in [2.45, 2.75) is 29.3 Å².